The largest absolute Gasteiger partial charge is 0.495 e. The molecule has 1 spiro atoms. The number of ether oxygens (including phenoxy) is 2. The van der Waals surface area contributed by atoms with Gasteiger partial charge in [-0.15, -0.1) is 11.8 Å². The van der Waals surface area contributed by atoms with Crippen molar-refractivity contribution in [1.29, 1.82) is 0 Å². The fraction of sp³-hybridized carbons (Fsp3) is 0.435. The van der Waals surface area contributed by atoms with Crippen LogP contribution in [0.4, 0.5) is 0 Å². The number of halogens is 2. The molecule has 2 aliphatic heterocycles. The van der Waals surface area contributed by atoms with E-state index in [1.165, 1.54) is 5.56 Å². The number of piperidine rings is 1. The number of carbonyl (C=O) groups is 1. The Morgan fingerprint density at radius 1 is 1.26 bits per heavy atom. The molecule has 2 heterocycles. The third-order valence-corrected chi connectivity index (χ3v) is 8.03. The van der Waals surface area contributed by atoms with E-state index in [4.69, 9.17) is 37.8 Å². The van der Waals surface area contributed by atoms with Gasteiger partial charge in [-0.3, -0.25) is 4.79 Å². The lowest BCUT2D eigenvalue weighted by atomic mass is 9.74. The van der Waals surface area contributed by atoms with E-state index in [1.54, 1.807) is 31.0 Å². The SMILES string of the molecule is COc1ccc(Cl)c(CSc2ccc3c(c2)OCC32CCN(CCC(=O)O)CC2)c1Cl. The zero-order valence-electron chi connectivity index (χ0n) is 17.3. The average molecular weight is 482 g/mol. The molecule has 0 aromatic heterocycles. The molecule has 0 amide bonds. The van der Waals surface area contributed by atoms with Crippen LogP contribution in [0.25, 0.3) is 0 Å². The molecule has 1 saturated heterocycles. The number of likely N-dealkylation sites (tertiary alicyclic amines) is 1. The van der Waals surface area contributed by atoms with Crippen LogP contribution in [-0.2, 0) is 16.0 Å². The van der Waals surface area contributed by atoms with Crippen LogP contribution >= 0.6 is 35.0 Å². The highest BCUT2D eigenvalue weighted by Gasteiger charge is 2.43. The summed E-state index contributed by atoms with van der Waals surface area (Å²) in [4.78, 5) is 14.2. The fourth-order valence-electron chi connectivity index (χ4n) is 4.34. The van der Waals surface area contributed by atoms with Crippen LogP contribution in [0.3, 0.4) is 0 Å². The van der Waals surface area contributed by atoms with Crippen molar-refractivity contribution in [2.24, 2.45) is 0 Å². The maximum absolute atomic E-state index is 10.8. The normalized spacial score (nSPS) is 17.4. The summed E-state index contributed by atoms with van der Waals surface area (Å²) >= 11 is 14.5. The minimum atomic E-state index is -0.739. The molecule has 0 unspecified atom stereocenters. The maximum atomic E-state index is 10.8. The molecule has 0 saturated carbocycles. The minimum Gasteiger partial charge on any atom is -0.495 e. The number of benzene rings is 2. The number of aliphatic carboxylic acids is 1. The van der Waals surface area contributed by atoms with E-state index >= 15 is 0 Å². The van der Waals surface area contributed by atoms with Crippen molar-refractivity contribution in [3.05, 3.63) is 51.5 Å². The van der Waals surface area contributed by atoms with Gasteiger partial charge in [0.2, 0.25) is 0 Å². The number of fused-ring (bicyclic) bond motifs is 2. The third kappa shape index (κ3) is 4.77. The highest BCUT2D eigenvalue weighted by atomic mass is 35.5. The number of thioether (sulfide) groups is 1. The molecule has 0 radical (unpaired) electrons. The Morgan fingerprint density at radius 3 is 2.74 bits per heavy atom. The first-order chi connectivity index (χ1) is 14.9. The van der Waals surface area contributed by atoms with E-state index in [-0.39, 0.29) is 11.8 Å². The quantitative estimate of drug-likeness (QED) is 0.527. The summed E-state index contributed by atoms with van der Waals surface area (Å²) in [5, 5.41) is 10.1. The Bertz CT molecular complexity index is 976. The molecule has 5 nitrogen and oxygen atoms in total. The molecule has 8 heteroatoms. The average Bonchev–Trinajstić information content (AvgIpc) is 3.11. The van der Waals surface area contributed by atoms with Crippen LogP contribution in [0.15, 0.2) is 35.2 Å². The van der Waals surface area contributed by atoms with Gasteiger partial charge in [0, 0.05) is 38.8 Å². The van der Waals surface area contributed by atoms with Crippen molar-refractivity contribution in [2.45, 2.75) is 35.3 Å². The Kier molecular flexibility index (Phi) is 6.92. The molecule has 166 valence electrons. The standard InChI is InChI=1S/C23H25Cl2NO4S/c1-29-19-5-4-18(24)16(22(19)25)13-31-15-2-3-17-20(12-15)30-14-23(17)7-10-26(11-8-23)9-6-21(27)28/h2-5,12H,6-11,13-14H2,1H3,(H,27,28). The molecule has 2 aromatic carbocycles. The molecule has 2 aromatic rings. The van der Waals surface area contributed by atoms with Gasteiger partial charge in [-0.1, -0.05) is 29.3 Å². The van der Waals surface area contributed by atoms with Gasteiger partial charge >= 0.3 is 5.97 Å². The second-order valence-corrected chi connectivity index (χ2v) is 9.88. The molecule has 0 aliphatic carbocycles. The topological polar surface area (TPSA) is 59.0 Å². The molecular weight excluding hydrogens is 457 g/mol. The van der Waals surface area contributed by atoms with Crippen LogP contribution in [0.5, 0.6) is 11.5 Å². The van der Waals surface area contributed by atoms with Crippen molar-refractivity contribution in [2.75, 3.05) is 33.4 Å². The lowest BCUT2D eigenvalue weighted by Crippen LogP contribution is -2.44. The van der Waals surface area contributed by atoms with Crippen molar-refractivity contribution < 1.29 is 19.4 Å². The van der Waals surface area contributed by atoms with Gasteiger partial charge in [-0.2, -0.15) is 0 Å². The van der Waals surface area contributed by atoms with E-state index in [1.807, 2.05) is 0 Å². The Morgan fingerprint density at radius 2 is 2.03 bits per heavy atom. The molecule has 0 bridgehead atoms. The second kappa shape index (κ2) is 9.49. The highest BCUT2D eigenvalue weighted by molar-refractivity contribution is 7.98. The Balaban J connectivity index is 1.42. The summed E-state index contributed by atoms with van der Waals surface area (Å²) in [7, 11) is 1.59. The molecule has 31 heavy (non-hydrogen) atoms. The maximum Gasteiger partial charge on any atom is 0.304 e. The number of carboxylic acid groups (broad SMARTS) is 1. The monoisotopic (exact) mass is 481 g/mol. The summed E-state index contributed by atoms with van der Waals surface area (Å²) in [6, 6.07) is 10.0. The van der Waals surface area contributed by atoms with Gasteiger partial charge in [-0.05, 0) is 50.2 Å². The van der Waals surface area contributed by atoms with Crippen molar-refractivity contribution in [3.8, 4) is 11.5 Å². The summed E-state index contributed by atoms with van der Waals surface area (Å²) in [6.45, 7) is 3.11. The molecule has 0 atom stereocenters. The number of nitrogens with zero attached hydrogens (tertiary/aromatic N) is 1. The summed E-state index contributed by atoms with van der Waals surface area (Å²) in [5.41, 5.74) is 2.17. The number of rotatable bonds is 7. The lowest BCUT2D eigenvalue weighted by molar-refractivity contribution is -0.137. The first-order valence-corrected chi connectivity index (χ1v) is 12.0. The van der Waals surface area contributed by atoms with Gasteiger partial charge in [0.15, 0.2) is 0 Å². The molecule has 4 rings (SSSR count). The fourth-order valence-corrected chi connectivity index (χ4v) is 6.04. The van der Waals surface area contributed by atoms with Crippen molar-refractivity contribution in [3.63, 3.8) is 0 Å². The molecule has 1 fully saturated rings. The van der Waals surface area contributed by atoms with Crippen molar-refractivity contribution >= 4 is 40.9 Å². The van der Waals surface area contributed by atoms with E-state index < -0.39 is 5.97 Å². The van der Waals surface area contributed by atoms with E-state index in [0.29, 0.717) is 34.7 Å². The predicted molar refractivity (Wildman–Crippen MR) is 124 cm³/mol. The third-order valence-electron chi connectivity index (χ3n) is 6.24. The first kappa shape index (κ1) is 22.6. The Labute approximate surface area is 196 Å². The number of carboxylic acids is 1. The van der Waals surface area contributed by atoms with E-state index in [0.717, 1.165) is 42.1 Å². The van der Waals surface area contributed by atoms with Gasteiger partial charge in [0.05, 0.1) is 25.2 Å². The minimum absolute atomic E-state index is 0.0394. The van der Waals surface area contributed by atoms with Crippen LogP contribution < -0.4 is 9.47 Å². The van der Waals surface area contributed by atoms with Crippen LogP contribution in [0.2, 0.25) is 10.0 Å². The number of hydrogen-bond donors (Lipinski definition) is 1. The van der Waals surface area contributed by atoms with Crippen LogP contribution in [-0.4, -0.2) is 49.3 Å². The first-order valence-electron chi connectivity index (χ1n) is 10.3. The molecular formula is C23H25Cl2NO4S. The number of methoxy groups -OCH3 is 1. The highest BCUT2D eigenvalue weighted by Crippen LogP contribution is 2.47. The van der Waals surface area contributed by atoms with Gasteiger partial charge in [0.1, 0.15) is 11.5 Å². The summed E-state index contributed by atoms with van der Waals surface area (Å²) in [6.07, 6.45) is 2.17. The molecule has 1 N–H and O–H groups in total. The van der Waals surface area contributed by atoms with Gasteiger partial charge < -0.3 is 19.5 Å². The molecule has 2 aliphatic rings. The van der Waals surface area contributed by atoms with Gasteiger partial charge in [0.25, 0.3) is 0 Å². The Hall–Kier alpha value is -1.60. The zero-order valence-corrected chi connectivity index (χ0v) is 19.7. The van der Waals surface area contributed by atoms with E-state index in [2.05, 4.69) is 23.1 Å². The predicted octanol–water partition coefficient (Wildman–Crippen LogP) is 5.50. The number of hydrogen-bond acceptors (Lipinski definition) is 5. The van der Waals surface area contributed by atoms with Crippen molar-refractivity contribution in [1.82, 2.24) is 4.90 Å². The van der Waals surface area contributed by atoms with E-state index in [9.17, 15) is 4.79 Å². The zero-order chi connectivity index (χ0) is 22.0. The smallest absolute Gasteiger partial charge is 0.304 e. The van der Waals surface area contributed by atoms with Crippen LogP contribution in [0.1, 0.15) is 30.4 Å². The van der Waals surface area contributed by atoms with Crippen LogP contribution in [0, 0.1) is 0 Å². The second-order valence-electron chi connectivity index (χ2n) is 8.04. The summed E-state index contributed by atoms with van der Waals surface area (Å²) in [5.74, 6) is 1.47. The lowest BCUT2D eigenvalue weighted by Gasteiger charge is -2.38. The van der Waals surface area contributed by atoms with Gasteiger partial charge in [-0.25, -0.2) is 0 Å². The summed E-state index contributed by atoms with van der Waals surface area (Å²) < 4.78 is 11.4.